The zero-order valence-electron chi connectivity index (χ0n) is 9.85. The summed E-state index contributed by atoms with van der Waals surface area (Å²) in [7, 11) is 1.20. The molecular weight excluding hydrogens is 208 g/mol. The van der Waals surface area contributed by atoms with Gasteiger partial charge in [0, 0.05) is 0 Å². The molecule has 0 radical (unpaired) electrons. The molecule has 0 spiro atoms. The maximum absolute atomic E-state index is 11.0. The number of carbonyl (C=O) groups is 1. The maximum atomic E-state index is 11.0. The summed E-state index contributed by atoms with van der Waals surface area (Å²) in [5.74, 6) is -0.357. The largest absolute Gasteiger partial charge is 0.467 e. The maximum Gasteiger partial charge on any atom is 0.337 e. The number of ether oxygens (including phenoxy) is 1. The summed E-state index contributed by atoms with van der Waals surface area (Å²) in [5.41, 5.74) is 1.13. The highest BCUT2D eigenvalue weighted by Gasteiger charge is 2.27. The number of hydrogen-bond acceptors (Lipinski definition) is 4. The quantitative estimate of drug-likeness (QED) is 0.557. The van der Waals surface area contributed by atoms with E-state index >= 15 is 0 Å². The molecule has 1 unspecified atom stereocenters. The minimum Gasteiger partial charge on any atom is -0.467 e. The fourth-order valence-corrected chi connectivity index (χ4v) is 2.01. The van der Waals surface area contributed by atoms with Crippen LogP contribution in [0.15, 0.2) is 11.6 Å². The molecule has 2 N–H and O–H groups in total. The van der Waals surface area contributed by atoms with Crippen LogP contribution in [-0.2, 0) is 9.53 Å². The van der Waals surface area contributed by atoms with E-state index in [-0.39, 0.29) is 0 Å². The Bertz CT molecular complexity index is 272. The second-order valence-electron chi connectivity index (χ2n) is 4.35. The van der Waals surface area contributed by atoms with Gasteiger partial charge in [-0.1, -0.05) is 18.6 Å². The molecule has 0 aromatic carbocycles. The lowest BCUT2D eigenvalue weighted by Crippen LogP contribution is -2.35. The molecule has 92 valence electrons. The predicted molar refractivity (Wildman–Crippen MR) is 59.7 cm³/mol. The van der Waals surface area contributed by atoms with E-state index in [2.05, 4.69) is 17.7 Å². The molecule has 3 atom stereocenters. The van der Waals surface area contributed by atoms with Gasteiger partial charge in [0.1, 0.15) is 0 Å². The van der Waals surface area contributed by atoms with Crippen LogP contribution in [0.3, 0.4) is 0 Å². The molecular formula is C12H20O4. The Morgan fingerprint density at radius 1 is 1.62 bits per heavy atom. The van der Waals surface area contributed by atoms with Gasteiger partial charge >= 0.3 is 5.97 Å². The number of rotatable bonds is 4. The SMILES string of the molecule is COC(=O)[C@H](O)[C@@H](O)CC1=CCCCC1C. The number of aliphatic hydroxyl groups excluding tert-OH is 2. The Hall–Kier alpha value is -0.870. The Morgan fingerprint density at radius 2 is 2.31 bits per heavy atom. The van der Waals surface area contributed by atoms with E-state index in [1.54, 1.807) is 0 Å². The van der Waals surface area contributed by atoms with E-state index in [9.17, 15) is 15.0 Å². The van der Waals surface area contributed by atoms with Gasteiger partial charge < -0.3 is 14.9 Å². The summed E-state index contributed by atoms with van der Waals surface area (Å²) in [6.45, 7) is 2.10. The van der Waals surface area contributed by atoms with E-state index in [0.29, 0.717) is 12.3 Å². The number of methoxy groups -OCH3 is 1. The Morgan fingerprint density at radius 3 is 2.88 bits per heavy atom. The highest BCUT2D eigenvalue weighted by Crippen LogP contribution is 2.28. The lowest BCUT2D eigenvalue weighted by molar-refractivity contribution is -0.156. The Kier molecular flexibility index (Phi) is 4.96. The first-order valence-corrected chi connectivity index (χ1v) is 5.69. The summed E-state index contributed by atoms with van der Waals surface area (Å²) in [5, 5.41) is 19.1. The van der Waals surface area contributed by atoms with Crippen molar-refractivity contribution in [1.82, 2.24) is 0 Å². The van der Waals surface area contributed by atoms with E-state index in [1.165, 1.54) is 13.5 Å². The standard InChI is InChI=1S/C12H20O4/c1-8-5-3-4-6-9(8)7-10(13)11(14)12(15)16-2/h6,8,10-11,13-14H,3-5,7H2,1-2H3/t8?,10-,11+/m0/s1. The fourth-order valence-electron chi connectivity index (χ4n) is 2.01. The Labute approximate surface area is 95.9 Å². The highest BCUT2D eigenvalue weighted by molar-refractivity contribution is 5.74. The predicted octanol–water partition coefficient (Wildman–Crippen LogP) is 1.02. The second-order valence-corrected chi connectivity index (χ2v) is 4.35. The molecule has 0 saturated carbocycles. The van der Waals surface area contributed by atoms with Crippen LogP contribution in [0.5, 0.6) is 0 Å². The van der Waals surface area contributed by atoms with Gasteiger partial charge in [0.25, 0.3) is 0 Å². The molecule has 0 aliphatic heterocycles. The third-order valence-corrected chi connectivity index (χ3v) is 3.13. The monoisotopic (exact) mass is 228 g/mol. The fraction of sp³-hybridized carbons (Fsp3) is 0.750. The van der Waals surface area contributed by atoms with Crippen molar-refractivity contribution in [2.45, 2.75) is 44.8 Å². The van der Waals surface area contributed by atoms with E-state index in [4.69, 9.17) is 0 Å². The third kappa shape index (κ3) is 3.32. The van der Waals surface area contributed by atoms with E-state index in [1.807, 2.05) is 0 Å². The van der Waals surface area contributed by atoms with Crippen LogP contribution >= 0.6 is 0 Å². The van der Waals surface area contributed by atoms with Crippen molar-refractivity contribution in [1.29, 1.82) is 0 Å². The van der Waals surface area contributed by atoms with Crippen LogP contribution < -0.4 is 0 Å². The van der Waals surface area contributed by atoms with Gasteiger partial charge in [0.05, 0.1) is 13.2 Å². The highest BCUT2D eigenvalue weighted by atomic mass is 16.5. The molecule has 0 amide bonds. The van der Waals surface area contributed by atoms with Crippen molar-refractivity contribution >= 4 is 5.97 Å². The molecule has 0 bridgehead atoms. The normalized spacial score (nSPS) is 24.5. The lowest BCUT2D eigenvalue weighted by Gasteiger charge is -2.24. The minimum atomic E-state index is -1.44. The van der Waals surface area contributed by atoms with Gasteiger partial charge in [-0.3, -0.25) is 0 Å². The molecule has 0 saturated heterocycles. The van der Waals surface area contributed by atoms with Crippen molar-refractivity contribution in [3.8, 4) is 0 Å². The zero-order chi connectivity index (χ0) is 12.1. The first-order valence-electron chi connectivity index (χ1n) is 5.69. The summed E-state index contributed by atoms with van der Waals surface area (Å²) in [6, 6.07) is 0. The van der Waals surface area contributed by atoms with Crippen molar-refractivity contribution in [3.63, 3.8) is 0 Å². The average molecular weight is 228 g/mol. The van der Waals surface area contributed by atoms with Crippen molar-refractivity contribution in [2.24, 2.45) is 5.92 Å². The van der Waals surface area contributed by atoms with Gasteiger partial charge in [-0.05, 0) is 31.6 Å². The molecule has 0 aromatic rings. The topological polar surface area (TPSA) is 66.8 Å². The molecule has 4 heteroatoms. The van der Waals surface area contributed by atoms with Crippen LogP contribution in [0, 0.1) is 5.92 Å². The average Bonchev–Trinajstić information content (AvgIpc) is 2.30. The van der Waals surface area contributed by atoms with Gasteiger partial charge in [-0.15, -0.1) is 0 Å². The molecule has 0 fully saturated rings. The van der Waals surface area contributed by atoms with Gasteiger partial charge in [-0.2, -0.15) is 0 Å². The first kappa shape index (κ1) is 13.2. The molecule has 1 aliphatic carbocycles. The van der Waals surface area contributed by atoms with Crippen LogP contribution in [0.1, 0.15) is 32.6 Å². The van der Waals surface area contributed by atoms with Crippen LogP contribution in [0.4, 0.5) is 0 Å². The van der Waals surface area contributed by atoms with Crippen molar-refractivity contribution in [3.05, 3.63) is 11.6 Å². The van der Waals surface area contributed by atoms with E-state index < -0.39 is 18.2 Å². The zero-order valence-corrected chi connectivity index (χ0v) is 9.85. The number of carbonyl (C=O) groups excluding carboxylic acids is 1. The first-order chi connectivity index (χ1) is 7.56. The number of allylic oxidation sites excluding steroid dienone is 1. The summed E-state index contributed by atoms with van der Waals surface area (Å²) >= 11 is 0. The third-order valence-electron chi connectivity index (χ3n) is 3.13. The van der Waals surface area contributed by atoms with Crippen LogP contribution in [0.25, 0.3) is 0 Å². The lowest BCUT2D eigenvalue weighted by atomic mass is 9.85. The molecule has 1 aliphatic rings. The summed E-state index contributed by atoms with van der Waals surface area (Å²) in [4.78, 5) is 11.0. The van der Waals surface area contributed by atoms with Gasteiger partial charge in [-0.25, -0.2) is 4.79 Å². The van der Waals surface area contributed by atoms with Crippen molar-refractivity contribution in [2.75, 3.05) is 7.11 Å². The summed E-state index contributed by atoms with van der Waals surface area (Å²) in [6.07, 6.45) is 3.21. The van der Waals surface area contributed by atoms with Crippen LogP contribution in [0.2, 0.25) is 0 Å². The number of hydrogen-bond donors (Lipinski definition) is 2. The van der Waals surface area contributed by atoms with Gasteiger partial charge in [0.15, 0.2) is 6.10 Å². The van der Waals surface area contributed by atoms with Gasteiger partial charge in [0.2, 0.25) is 0 Å². The molecule has 16 heavy (non-hydrogen) atoms. The van der Waals surface area contributed by atoms with Crippen molar-refractivity contribution < 1.29 is 19.7 Å². The number of esters is 1. The Balaban J connectivity index is 2.53. The van der Waals surface area contributed by atoms with Crippen LogP contribution in [-0.4, -0.2) is 35.5 Å². The minimum absolute atomic E-state index is 0.345. The molecule has 0 heterocycles. The summed E-state index contributed by atoms with van der Waals surface area (Å²) < 4.78 is 4.38. The van der Waals surface area contributed by atoms with E-state index in [0.717, 1.165) is 18.4 Å². The smallest absolute Gasteiger partial charge is 0.337 e. The molecule has 4 nitrogen and oxygen atoms in total. The molecule has 0 aromatic heterocycles. The number of aliphatic hydroxyl groups is 2. The second kappa shape index (κ2) is 6.01. The molecule has 1 rings (SSSR count).